The Balaban J connectivity index is 2.67. The fraction of sp³-hybridized carbons (Fsp3) is 0.667. The lowest BCUT2D eigenvalue weighted by Crippen LogP contribution is -2.11. The van der Waals surface area contributed by atoms with E-state index in [0.29, 0.717) is 6.54 Å². The molecule has 0 aliphatic rings. The molecule has 0 bridgehead atoms. The van der Waals surface area contributed by atoms with Crippen LogP contribution in [-0.4, -0.2) is 37.3 Å². The van der Waals surface area contributed by atoms with Gasteiger partial charge in [-0.1, -0.05) is 0 Å². The molecule has 0 amide bonds. The first-order valence-electron chi connectivity index (χ1n) is 4.77. The molecule has 0 atom stereocenters. The Labute approximate surface area is 90.4 Å². The Morgan fingerprint density at radius 1 is 1.53 bits per heavy atom. The van der Waals surface area contributed by atoms with E-state index in [1.54, 1.807) is 4.68 Å². The van der Waals surface area contributed by atoms with Gasteiger partial charge in [0.2, 0.25) is 0 Å². The lowest BCUT2D eigenvalue weighted by molar-refractivity contribution is 0.585. The highest BCUT2D eigenvalue weighted by molar-refractivity contribution is 7.90. The van der Waals surface area contributed by atoms with E-state index in [1.807, 2.05) is 20.2 Å². The maximum Gasteiger partial charge on any atom is 0.149 e. The fourth-order valence-corrected chi connectivity index (χ4v) is 1.82. The average Bonchev–Trinajstić information content (AvgIpc) is 2.44. The normalized spacial score (nSPS) is 11.9. The Kier molecular flexibility index (Phi) is 3.87. The SMILES string of the molecule is CNCc1cn(CCS(C)(=O)=O)nc1C. The summed E-state index contributed by atoms with van der Waals surface area (Å²) in [5, 5.41) is 7.28. The van der Waals surface area contributed by atoms with Crippen molar-refractivity contribution in [3.63, 3.8) is 0 Å². The summed E-state index contributed by atoms with van der Waals surface area (Å²) in [6.45, 7) is 3.09. The van der Waals surface area contributed by atoms with E-state index in [1.165, 1.54) is 6.26 Å². The van der Waals surface area contributed by atoms with Crippen molar-refractivity contribution < 1.29 is 8.42 Å². The number of nitrogens with zero attached hydrogens (tertiary/aromatic N) is 2. The molecule has 5 nitrogen and oxygen atoms in total. The third kappa shape index (κ3) is 4.01. The van der Waals surface area contributed by atoms with E-state index in [-0.39, 0.29) is 5.75 Å². The lowest BCUT2D eigenvalue weighted by Gasteiger charge is -1.98. The monoisotopic (exact) mass is 231 g/mol. The molecule has 1 heterocycles. The van der Waals surface area contributed by atoms with Crippen molar-refractivity contribution in [1.29, 1.82) is 0 Å². The van der Waals surface area contributed by atoms with Crippen molar-refractivity contribution in [2.45, 2.75) is 20.0 Å². The van der Waals surface area contributed by atoms with Crippen molar-refractivity contribution in [2.24, 2.45) is 0 Å². The molecule has 0 saturated carbocycles. The molecule has 0 aliphatic carbocycles. The van der Waals surface area contributed by atoms with E-state index < -0.39 is 9.84 Å². The molecule has 15 heavy (non-hydrogen) atoms. The molecule has 0 saturated heterocycles. The number of sulfone groups is 1. The van der Waals surface area contributed by atoms with Crippen molar-refractivity contribution in [2.75, 3.05) is 19.1 Å². The first kappa shape index (κ1) is 12.2. The van der Waals surface area contributed by atoms with Crippen molar-refractivity contribution in [1.82, 2.24) is 15.1 Å². The minimum Gasteiger partial charge on any atom is -0.316 e. The van der Waals surface area contributed by atoms with Gasteiger partial charge in [-0.3, -0.25) is 4.68 Å². The fourth-order valence-electron chi connectivity index (χ4n) is 1.30. The summed E-state index contributed by atoms with van der Waals surface area (Å²) >= 11 is 0. The molecule has 1 aromatic heterocycles. The third-order valence-corrected chi connectivity index (χ3v) is 3.03. The Morgan fingerprint density at radius 2 is 2.20 bits per heavy atom. The molecule has 0 aliphatic heterocycles. The topological polar surface area (TPSA) is 64.0 Å². The van der Waals surface area contributed by atoms with Gasteiger partial charge < -0.3 is 5.32 Å². The van der Waals surface area contributed by atoms with Crippen LogP contribution in [-0.2, 0) is 22.9 Å². The maximum absolute atomic E-state index is 11.0. The van der Waals surface area contributed by atoms with Crippen LogP contribution in [0.25, 0.3) is 0 Å². The summed E-state index contributed by atoms with van der Waals surface area (Å²) in [5.41, 5.74) is 2.05. The number of nitrogens with one attached hydrogen (secondary N) is 1. The summed E-state index contributed by atoms with van der Waals surface area (Å²) in [6, 6.07) is 0. The Hall–Kier alpha value is -0.880. The highest BCUT2D eigenvalue weighted by Crippen LogP contribution is 2.05. The predicted molar refractivity (Wildman–Crippen MR) is 59.4 cm³/mol. The number of aryl methyl sites for hydroxylation is 2. The van der Waals surface area contributed by atoms with Gasteiger partial charge in [-0.25, -0.2) is 8.42 Å². The molecular weight excluding hydrogens is 214 g/mol. The first-order valence-corrected chi connectivity index (χ1v) is 6.83. The van der Waals surface area contributed by atoms with Crippen LogP contribution in [0.5, 0.6) is 0 Å². The number of hydrogen-bond donors (Lipinski definition) is 1. The van der Waals surface area contributed by atoms with Gasteiger partial charge in [-0.05, 0) is 14.0 Å². The van der Waals surface area contributed by atoms with Crippen LogP contribution in [0, 0.1) is 6.92 Å². The maximum atomic E-state index is 11.0. The minimum atomic E-state index is -2.91. The quantitative estimate of drug-likeness (QED) is 0.772. The van der Waals surface area contributed by atoms with Gasteiger partial charge in [0.25, 0.3) is 0 Å². The van der Waals surface area contributed by atoms with E-state index in [4.69, 9.17) is 0 Å². The zero-order valence-corrected chi connectivity index (χ0v) is 10.1. The molecule has 1 N–H and O–H groups in total. The summed E-state index contributed by atoms with van der Waals surface area (Å²) in [6.07, 6.45) is 3.12. The van der Waals surface area contributed by atoms with Gasteiger partial charge in [-0.2, -0.15) is 5.10 Å². The number of hydrogen-bond acceptors (Lipinski definition) is 4. The van der Waals surface area contributed by atoms with Gasteiger partial charge in [-0.15, -0.1) is 0 Å². The van der Waals surface area contributed by atoms with Gasteiger partial charge in [0.05, 0.1) is 18.0 Å². The second-order valence-corrected chi connectivity index (χ2v) is 5.92. The molecule has 0 unspecified atom stereocenters. The predicted octanol–water partition coefficient (Wildman–Crippen LogP) is -0.0445. The van der Waals surface area contributed by atoms with E-state index >= 15 is 0 Å². The molecule has 6 heteroatoms. The molecule has 0 spiro atoms. The average molecular weight is 231 g/mol. The van der Waals surface area contributed by atoms with Gasteiger partial charge in [0.15, 0.2) is 0 Å². The van der Waals surface area contributed by atoms with E-state index in [2.05, 4.69) is 10.4 Å². The first-order chi connectivity index (χ1) is 6.92. The Morgan fingerprint density at radius 3 is 2.73 bits per heavy atom. The van der Waals surface area contributed by atoms with Crippen LogP contribution in [0.2, 0.25) is 0 Å². The molecule has 86 valence electrons. The molecule has 0 fully saturated rings. The van der Waals surface area contributed by atoms with Gasteiger partial charge >= 0.3 is 0 Å². The van der Waals surface area contributed by atoms with Crippen LogP contribution in [0.3, 0.4) is 0 Å². The lowest BCUT2D eigenvalue weighted by atomic mass is 10.3. The third-order valence-electron chi connectivity index (χ3n) is 2.11. The standard InChI is InChI=1S/C9H17N3O2S/c1-8-9(6-10-2)7-12(11-8)4-5-15(3,13)14/h7,10H,4-6H2,1-3H3. The minimum absolute atomic E-state index is 0.132. The molecule has 0 aromatic carbocycles. The zero-order chi connectivity index (χ0) is 11.5. The molecular formula is C9H17N3O2S. The summed E-state index contributed by atoms with van der Waals surface area (Å²) in [4.78, 5) is 0. The molecule has 0 radical (unpaired) electrons. The van der Waals surface area contributed by atoms with Crippen LogP contribution in [0.1, 0.15) is 11.3 Å². The van der Waals surface area contributed by atoms with Crippen LogP contribution in [0.4, 0.5) is 0 Å². The van der Waals surface area contributed by atoms with Crippen LogP contribution >= 0.6 is 0 Å². The van der Waals surface area contributed by atoms with E-state index in [0.717, 1.165) is 17.8 Å². The zero-order valence-electron chi connectivity index (χ0n) is 9.32. The molecule has 1 aromatic rings. The summed E-state index contributed by atoms with van der Waals surface area (Å²) in [5.74, 6) is 0.132. The highest BCUT2D eigenvalue weighted by Gasteiger charge is 2.06. The number of aromatic nitrogens is 2. The van der Waals surface area contributed by atoms with E-state index in [9.17, 15) is 8.42 Å². The van der Waals surface area contributed by atoms with Crippen LogP contribution in [0.15, 0.2) is 6.20 Å². The van der Waals surface area contributed by atoms with Crippen molar-refractivity contribution in [3.05, 3.63) is 17.5 Å². The largest absolute Gasteiger partial charge is 0.316 e. The summed E-state index contributed by atoms with van der Waals surface area (Å²) in [7, 11) is -1.05. The Bertz CT molecular complexity index is 423. The second kappa shape index (κ2) is 4.76. The van der Waals surface area contributed by atoms with Crippen LogP contribution < -0.4 is 5.32 Å². The smallest absolute Gasteiger partial charge is 0.149 e. The van der Waals surface area contributed by atoms with Gasteiger partial charge in [0, 0.05) is 24.6 Å². The second-order valence-electron chi connectivity index (χ2n) is 3.66. The summed E-state index contributed by atoms with van der Waals surface area (Å²) < 4.78 is 23.6. The van der Waals surface area contributed by atoms with Crippen molar-refractivity contribution >= 4 is 9.84 Å². The molecule has 1 rings (SSSR count). The highest BCUT2D eigenvalue weighted by atomic mass is 32.2. The number of rotatable bonds is 5. The van der Waals surface area contributed by atoms with Crippen molar-refractivity contribution in [3.8, 4) is 0 Å². The van der Waals surface area contributed by atoms with Gasteiger partial charge in [0.1, 0.15) is 9.84 Å².